The van der Waals surface area contributed by atoms with Gasteiger partial charge in [0, 0.05) is 25.5 Å². The van der Waals surface area contributed by atoms with E-state index < -0.39 is 0 Å². The van der Waals surface area contributed by atoms with E-state index in [1.807, 2.05) is 0 Å². The first kappa shape index (κ1) is 13.3. The Hall–Kier alpha value is 0.310. The first-order chi connectivity index (χ1) is 6.31. The summed E-state index contributed by atoms with van der Waals surface area (Å²) in [5.74, 6) is 1.29. The van der Waals surface area contributed by atoms with Crippen molar-refractivity contribution < 1.29 is 1.43 Å². The summed E-state index contributed by atoms with van der Waals surface area (Å²) in [4.78, 5) is 0. The van der Waals surface area contributed by atoms with E-state index in [4.69, 9.17) is 0 Å². The Labute approximate surface area is 89.5 Å². The van der Waals surface area contributed by atoms with Gasteiger partial charge in [0.2, 0.25) is 0 Å². The monoisotopic (exact) mass is 205 g/mol. The van der Waals surface area contributed by atoms with Gasteiger partial charge >= 0.3 is 0 Å². The van der Waals surface area contributed by atoms with Gasteiger partial charge < -0.3 is 5.32 Å². The minimum absolute atomic E-state index is 0. The highest BCUT2D eigenvalue weighted by atomic mass is 32.2. The molecule has 0 bridgehead atoms. The molecule has 0 aliphatic carbocycles. The van der Waals surface area contributed by atoms with E-state index in [2.05, 4.69) is 37.8 Å². The van der Waals surface area contributed by atoms with Crippen molar-refractivity contribution in [1.29, 1.82) is 0 Å². The third-order valence-corrected chi connectivity index (χ3v) is 3.25. The van der Waals surface area contributed by atoms with Crippen LogP contribution in [-0.4, -0.2) is 24.1 Å². The predicted molar refractivity (Wildman–Crippen MR) is 66.7 cm³/mol. The Kier molecular flexibility index (Phi) is 10.6. The molecule has 0 radical (unpaired) electrons. The van der Waals surface area contributed by atoms with Gasteiger partial charge in [-0.15, -0.1) is 0 Å². The molecular weight excluding hydrogens is 178 g/mol. The highest BCUT2D eigenvalue weighted by molar-refractivity contribution is 7.99. The molecule has 1 rings (SSSR count). The van der Waals surface area contributed by atoms with Crippen molar-refractivity contribution in [3.8, 4) is 0 Å². The van der Waals surface area contributed by atoms with Gasteiger partial charge in [0.05, 0.1) is 0 Å². The van der Waals surface area contributed by atoms with Gasteiger partial charge in [-0.05, 0) is 0 Å². The molecule has 0 spiro atoms. The van der Waals surface area contributed by atoms with Gasteiger partial charge in [0.25, 0.3) is 0 Å². The van der Waals surface area contributed by atoms with Crippen molar-refractivity contribution in [2.24, 2.45) is 0 Å². The number of hydrogen-bond acceptors (Lipinski definition) is 2. The van der Waals surface area contributed by atoms with Gasteiger partial charge in [-0.2, -0.15) is 11.8 Å². The van der Waals surface area contributed by atoms with E-state index in [1.54, 1.807) is 0 Å². The van der Waals surface area contributed by atoms with Gasteiger partial charge in [-0.1, -0.05) is 46.5 Å². The summed E-state index contributed by atoms with van der Waals surface area (Å²) in [7, 11) is 0. The Bertz CT molecular complexity index is 91.3. The van der Waals surface area contributed by atoms with E-state index in [0.29, 0.717) is 0 Å². The van der Waals surface area contributed by atoms with Crippen LogP contribution in [-0.2, 0) is 0 Å². The lowest BCUT2D eigenvalue weighted by Crippen LogP contribution is -2.30. The molecule has 1 fully saturated rings. The number of rotatable bonds is 3. The minimum Gasteiger partial charge on any atom is -0.315 e. The summed E-state index contributed by atoms with van der Waals surface area (Å²) < 4.78 is 0. The van der Waals surface area contributed by atoms with Crippen LogP contribution in [0, 0.1) is 0 Å². The van der Waals surface area contributed by atoms with Gasteiger partial charge in [-0.25, -0.2) is 0 Å². The fourth-order valence-electron chi connectivity index (χ4n) is 1.20. The lowest BCUT2D eigenvalue weighted by Gasteiger charge is -2.17. The Morgan fingerprint density at radius 1 is 1.31 bits per heavy atom. The van der Waals surface area contributed by atoms with E-state index in [1.165, 1.54) is 44.5 Å². The molecular formula is C11H27NS. The number of nitrogens with one attached hydrogen (secondary N) is 1. The smallest absolute Gasteiger partial charge is 0.0144 e. The van der Waals surface area contributed by atoms with Crippen LogP contribution in [0.3, 0.4) is 0 Å². The molecule has 1 saturated heterocycles. The standard InChI is InChI=1S/C6H14.C5H11NS.H2/c1-3-5-6-4-2;1-5-4-6-2-3-7-5;/h3-6H2,1-2H3;5-6H,2-4H2,1H3;1H. The van der Waals surface area contributed by atoms with Crippen molar-refractivity contribution in [2.75, 3.05) is 18.8 Å². The largest absolute Gasteiger partial charge is 0.315 e. The zero-order valence-electron chi connectivity index (χ0n) is 9.44. The maximum Gasteiger partial charge on any atom is 0.0144 e. The van der Waals surface area contributed by atoms with Gasteiger partial charge in [0.15, 0.2) is 0 Å². The lowest BCUT2D eigenvalue weighted by atomic mass is 10.2. The quantitative estimate of drug-likeness (QED) is 0.707. The number of unbranched alkanes of at least 4 members (excludes halogenated alkanes) is 3. The molecule has 0 aromatic rings. The Morgan fingerprint density at radius 3 is 2.15 bits per heavy atom. The second-order valence-electron chi connectivity index (χ2n) is 3.59. The molecule has 1 N–H and O–H groups in total. The average molecular weight is 205 g/mol. The van der Waals surface area contributed by atoms with Crippen LogP contribution in [0.25, 0.3) is 0 Å². The van der Waals surface area contributed by atoms with E-state index in [9.17, 15) is 0 Å². The summed E-state index contributed by atoms with van der Waals surface area (Å²) in [5, 5.41) is 4.16. The van der Waals surface area contributed by atoms with Crippen LogP contribution in [0.4, 0.5) is 0 Å². The molecule has 0 aromatic heterocycles. The second-order valence-corrected chi connectivity index (χ2v) is 5.14. The first-order valence-electron chi connectivity index (χ1n) is 5.63. The van der Waals surface area contributed by atoms with Gasteiger partial charge in [-0.3, -0.25) is 0 Å². The highest BCUT2D eigenvalue weighted by Crippen LogP contribution is 2.10. The first-order valence-corrected chi connectivity index (χ1v) is 6.68. The van der Waals surface area contributed by atoms with Crippen LogP contribution in [0.15, 0.2) is 0 Å². The molecule has 1 heterocycles. The third-order valence-electron chi connectivity index (χ3n) is 2.07. The number of thioether (sulfide) groups is 1. The Balaban J connectivity index is 0. The summed E-state index contributed by atoms with van der Waals surface area (Å²) >= 11 is 2.06. The molecule has 1 aliphatic heterocycles. The van der Waals surface area contributed by atoms with Crippen molar-refractivity contribution in [3.63, 3.8) is 0 Å². The van der Waals surface area contributed by atoms with E-state index >= 15 is 0 Å². The predicted octanol–water partition coefficient (Wildman–Crippen LogP) is 3.54. The van der Waals surface area contributed by atoms with Crippen molar-refractivity contribution >= 4 is 11.8 Å². The maximum absolute atomic E-state index is 3.31. The number of hydrogen-bond donors (Lipinski definition) is 1. The highest BCUT2D eigenvalue weighted by Gasteiger charge is 2.05. The molecule has 1 atom stereocenters. The third kappa shape index (κ3) is 10.2. The molecule has 13 heavy (non-hydrogen) atoms. The van der Waals surface area contributed by atoms with Crippen molar-refractivity contribution in [1.82, 2.24) is 5.32 Å². The fourth-order valence-corrected chi connectivity index (χ4v) is 2.10. The molecule has 0 saturated carbocycles. The molecule has 82 valence electrons. The van der Waals surface area contributed by atoms with Crippen molar-refractivity contribution in [3.05, 3.63) is 0 Å². The zero-order valence-corrected chi connectivity index (χ0v) is 10.3. The zero-order chi connectivity index (χ0) is 9.94. The SMILES string of the molecule is CC1CNCCS1.CCCCCC.[HH]. The molecule has 0 aromatic carbocycles. The Morgan fingerprint density at radius 2 is 1.92 bits per heavy atom. The van der Waals surface area contributed by atoms with E-state index in [-0.39, 0.29) is 1.43 Å². The van der Waals surface area contributed by atoms with Gasteiger partial charge in [0.1, 0.15) is 0 Å². The van der Waals surface area contributed by atoms with E-state index in [0.717, 1.165) is 5.25 Å². The summed E-state index contributed by atoms with van der Waals surface area (Å²) in [6.45, 7) is 9.13. The topological polar surface area (TPSA) is 12.0 Å². The summed E-state index contributed by atoms with van der Waals surface area (Å²) in [5.41, 5.74) is 0. The summed E-state index contributed by atoms with van der Waals surface area (Å²) in [6, 6.07) is 0. The molecule has 0 amide bonds. The lowest BCUT2D eigenvalue weighted by molar-refractivity contribution is 0.695. The van der Waals surface area contributed by atoms with Crippen LogP contribution in [0.2, 0.25) is 0 Å². The van der Waals surface area contributed by atoms with Crippen LogP contribution < -0.4 is 5.32 Å². The van der Waals surface area contributed by atoms with Crippen LogP contribution in [0.1, 0.15) is 47.9 Å². The summed E-state index contributed by atoms with van der Waals surface area (Å²) in [6.07, 6.45) is 5.54. The maximum atomic E-state index is 3.31. The molecule has 1 unspecified atom stereocenters. The second kappa shape index (κ2) is 10.4. The molecule has 1 nitrogen and oxygen atoms in total. The van der Waals surface area contributed by atoms with Crippen LogP contribution >= 0.6 is 11.8 Å². The fraction of sp³-hybridized carbons (Fsp3) is 1.00. The normalized spacial score (nSPS) is 21.9. The molecule has 1 aliphatic rings. The van der Waals surface area contributed by atoms with Crippen molar-refractivity contribution in [2.45, 2.75) is 51.7 Å². The minimum atomic E-state index is 0. The average Bonchev–Trinajstić information content (AvgIpc) is 2.17. The van der Waals surface area contributed by atoms with Crippen LogP contribution in [0.5, 0.6) is 0 Å². The molecule has 2 heteroatoms.